The number of nitrogens with two attached hydrogens (primary N) is 1. The average Bonchev–Trinajstić information content (AvgIpc) is 2.38. The molecular weight excluding hydrogens is 262 g/mol. The molecule has 0 bridgehead atoms. The SMILES string of the molecule is CCCC(Oc1cc(N)ccc1C(=O)OCC)C(=O)O. The predicted molar refractivity (Wildman–Crippen MR) is 73.8 cm³/mol. The Hall–Kier alpha value is -2.24. The van der Waals surface area contributed by atoms with E-state index in [0.717, 1.165) is 0 Å². The van der Waals surface area contributed by atoms with Crippen LogP contribution in [0, 0.1) is 0 Å². The second-order valence-electron chi connectivity index (χ2n) is 4.21. The molecule has 0 amide bonds. The van der Waals surface area contributed by atoms with Crippen molar-refractivity contribution in [2.24, 2.45) is 0 Å². The summed E-state index contributed by atoms with van der Waals surface area (Å²) in [5.41, 5.74) is 6.20. The number of hydrogen-bond acceptors (Lipinski definition) is 5. The Morgan fingerprint density at radius 1 is 1.35 bits per heavy atom. The van der Waals surface area contributed by atoms with E-state index in [1.807, 2.05) is 6.92 Å². The van der Waals surface area contributed by atoms with Crippen molar-refractivity contribution in [1.82, 2.24) is 0 Å². The Morgan fingerprint density at radius 3 is 2.60 bits per heavy atom. The molecule has 0 aliphatic carbocycles. The fraction of sp³-hybridized carbons (Fsp3) is 0.429. The van der Waals surface area contributed by atoms with Crippen molar-refractivity contribution in [3.8, 4) is 5.75 Å². The molecule has 0 saturated heterocycles. The molecule has 1 aromatic carbocycles. The largest absolute Gasteiger partial charge is 0.479 e. The second-order valence-corrected chi connectivity index (χ2v) is 4.21. The third-order valence-electron chi connectivity index (χ3n) is 2.60. The Morgan fingerprint density at radius 2 is 2.05 bits per heavy atom. The van der Waals surface area contributed by atoms with Gasteiger partial charge in [0.25, 0.3) is 0 Å². The zero-order chi connectivity index (χ0) is 15.1. The van der Waals surface area contributed by atoms with Crippen molar-refractivity contribution >= 4 is 17.6 Å². The Balaban J connectivity index is 3.05. The highest BCUT2D eigenvalue weighted by atomic mass is 16.5. The zero-order valence-corrected chi connectivity index (χ0v) is 11.6. The molecule has 0 aliphatic heterocycles. The van der Waals surface area contributed by atoms with Crippen LogP contribution < -0.4 is 10.5 Å². The third kappa shape index (κ3) is 4.15. The number of ether oxygens (including phenoxy) is 2. The fourth-order valence-electron chi connectivity index (χ4n) is 1.66. The molecule has 0 fully saturated rings. The quantitative estimate of drug-likeness (QED) is 0.586. The van der Waals surface area contributed by atoms with E-state index < -0.39 is 18.0 Å². The number of carbonyl (C=O) groups excluding carboxylic acids is 1. The number of aliphatic carboxylic acids is 1. The minimum absolute atomic E-state index is 0.129. The average molecular weight is 281 g/mol. The van der Waals surface area contributed by atoms with Crippen LogP contribution in [0.25, 0.3) is 0 Å². The number of carboxylic acids is 1. The van der Waals surface area contributed by atoms with Gasteiger partial charge < -0.3 is 20.3 Å². The Labute approximate surface area is 117 Å². The van der Waals surface area contributed by atoms with Gasteiger partial charge in [-0.05, 0) is 25.5 Å². The minimum atomic E-state index is -1.08. The fourth-order valence-corrected chi connectivity index (χ4v) is 1.66. The van der Waals surface area contributed by atoms with Crippen molar-refractivity contribution in [1.29, 1.82) is 0 Å². The molecule has 0 spiro atoms. The minimum Gasteiger partial charge on any atom is -0.479 e. The molecular formula is C14H19NO5. The van der Waals surface area contributed by atoms with Crippen LogP contribution in [-0.2, 0) is 9.53 Å². The van der Waals surface area contributed by atoms with E-state index in [1.54, 1.807) is 6.92 Å². The second kappa shape index (κ2) is 7.37. The maximum absolute atomic E-state index is 11.8. The first kappa shape index (κ1) is 15.8. The summed E-state index contributed by atoms with van der Waals surface area (Å²) in [5, 5.41) is 9.10. The van der Waals surface area contributed by atoms with E-state index in [2.05, 4.69) is 0 Å². The lowest BCUT2D eigenvalue weighted by Gasteiger charge is -2.17. The van der Waals surface area contributed by atoms with Gasteiger partial charge in [0.1, 0.15) is 11.3 Å². The highest BCUT2D eigenvalue weighted by Gasteiger charge is 2.22. The molecule has 1 aromatic rings. The van der Waals surface area contributed by atoms with Crippen molar-refractivity contribution in [3.63, 3.8) is 0 Å². The van der Waals surface area contributed by atoms with Gasteiger partial charge in [-0.3, -0.25) is 0 Å². The van der Waals surface area contributed by atoms with Gasteiger partial charge in [0.2, 0.25) is 0 Å². The lowest BCUT2D eigenvalue weighted by Crippen LogP contribution is -2.27. The monoisotopic (exact) mass is 281 g/mol. The lowest BCUT2D eigenvalue weighted by molar-refractivity contribution is -0.145. The van der Waals surface area contributed by atoms with Gasteiger partial charge >= 0.3 is 11.9 Å². The van der Waals surface area contributed by atoms with E-state index in [4.69, 9.17) is 20.3 Å². The first-order valence-corrected chi connectivity index (χ1v) is 6.45. The molecule has 0 aliphatic rings. The van der Waals surface area contributed by atoms with Crippen LogP contribution in [-0.4, -0.2) is 29.8 Å². The third-order valence-corrected chi connectivity index (χ3v) is 2.60. The highest BCUT2D eigenvalue weighted by molar-refractivity contribution is 5.93. The molecule has 6 nitrogen and oxygen atoms in total. The molecule has 3 N–H and O–H groups in total. The summed E-state index contributed by atoms with van der Waals surface area (Å²) in [4.78, 5) is 22.9. The van der Waals surface area contributed by atoms with E-state index in [1.165, 1.54) is 18.2 Å². The zero-order valence-electron chi connectivity index (χ0n) is 11.6. The molecule has 110 valence electrons. The number of carbonyl (C=O) groups is 2. The molecule has 1 unspecified atom stereocenters. The standard InChI is InChI=1S/C14H19NO5/c1-3-5-11(13(16)17)20-12-8-9(15)6-7-10(12)14(18)19-4-2/h6-8,11H,3-5,15H2,1-2H3,(H,16,17). The summed E-state index contributed by atoms with van der Waals surface area (Å²) in [7, 11) is 0. The maximum Gasteiger partial charge on any atom is 0.344 e. The normalized spacial score (nSPS) is 11.7. The van der Waals surface area contributed by atoms with E-state index in [-0.39, 0.29) is 17.9 Å². The molecule has 0 radical (unpaired) electrons. The molecule has 1 rings (SSSR count). The molecule has 6 heteroatoms. The van der Waals surface area contributed by atoms with Crippen molar-refractivity contribution in [3.05, 3.63) is 23.8 Å². The van der Waals surface area contributed by atoms with Crippen molar-refractivity contribution in [2.45, 2.75) is 32.8 Å². The van der Waals surface area contributed by atoms with Gasteiger partial charge in [0, 0.05) is 11.8 Å². The van der Waals surface area contributed by atoms with Crippen LogP contribution in [0.5, 0.6) is 5.75 Å². The number of carboxylic acid groups (broad SMARTS) is 1. The van der Waals surface area contributed by atoms with Crippen molar-refractivity contribution in [2.75, 3.05) is 12.3 Å². The molecule has 0 saturated carbocycles. The molecule has 1 atom stereocenters. The van der Waals surface area contributed by atoms with E-state index in [0.29, 0.717) is 18.5 Å². The van der Waals surface area contributed by atoms with E-state index in [9.17, 15) is 9.59 Å². The van der Waals surface area contributed by atoms with Crippen LogP contribution in [0.2, 0.25) is 0 Å². The lowest BCUT2D eigenvalue weighted by atomic mass is 10.1. The van der Waals surface area contributed by atoms with Gasteiger partial charge in [0.05, 0.1) is 6.61 Å². The first-order valence-electron chi connectivity index (χ1n) is 6.45. The van der Waals surface area contributed by atoms with Gasteiger partial charge in [0.15, 0.2) is 6.10 Å². The molecule has 20 heavy (non-hydrogen) atoms. The number of benzene rings is 1. The number of esters is 1. The van der Waals surface area contributed by atoms with Gasteiger partial charge in [-0.1, -0.05) is 13.3 Å². The van der Waals surface area contributed by atoms with Crippen LogP contribution in [0.15, 0.2) is 18.2 Å². The Bertz CT molecular complexity index is 486. The van der Waals surface area contributed by atoms with Crippen LogP contribution in [0.4, 0.5) is 5.69 Å². The summed E-state index contributed by atoms with van der Waals surface area (Å²) >= 11 is 0. The number of nitrogen functional groups attached to an aromatic ring is 1. The molecule has 0 heterocycles. The van der Waals surface area contributed by atoms with Crippen molar-refractivity contribution < 1.29 is 24.2 Å². The number of anilines is 1. The Kier molecular flexibility index (Phi) is 5.83. The van der Waals surface area contributed by atoms with E-state index >= 15 is 0 Å². The van der Waals surface area contributed by atoms with Gasteiger partial charge in [-0.2, -0.15) is 0 Å². The van der Waals surface area contributed by atoms with Crippen LogP contribution in [0.3, 0.4) is 0 Å². The topological polar surface area (TPSA) is 98.9 Å². The summed E-state index contributed by atoms with van der Waals surface area (Å²) in [6, 6.07) is 4.43. The summed E-state index contributed by atoms with van der Waals surface area (Å²) in [6.45, 7) is 3.76. The first-order chi connectivity index (χ1) is 9.49. The smallest absolute Gasteiger partial charge is 0.344 e. The van der Waals surface area contributed by atoms with Crippen LogP contribution in [0.1, 0.15) is 37.0 Å². The maximum atomic E-state index is 11.8. The summed E-state index contributed by atoms with van der Waals surface area (Å²) in [5.74, 6) is -1.52. The van der Waals surface area contributed by atoms with Gasteiger partial charge in [-0.25, -0.2) is 9.59 Å². The summed E-state index contributed by atoms with van der Waals surface area (Å²) < 4.78 is 10.3. The predicted octanol–water partition coefficient (Wildman–Crippen LogP) is 2.08. The van der Waals surface area contributed by atoms with Crippen LogP contribution >= 0.6 is 0 Å². The highest BCUT2D eigenvalue weighted by Crippen LogP contribution is 2.25. The number of rotatable bonds is 7. The number of hydrogen-bond donors (Lipinski definition) is 2. The summed E-state index contributed by atoms with van der Waals surface area (Å²) in [6.07, 6.45) is -0.0320. The molecule has 0 aromatic heterocycles. The van der Waals surface area contributed by atoms with Gasteiger partial charge in [-0.15, -0.1) is 0 Å².